The molecule has 1 fully saturated rings. The molecule has 0 amide bonds. The zero-order valence-corrected chi connectivity index (χ0v) is 13.4. The van der Waals surface area contributed by atoms with Crippen LogP contribution in [0.5, 0.6) is 0 Å². The highest BCUT2D eigenvalue weighted by Crippen LogP contribution is 2.39. The summed E-state index contributed by atoms with van der Waals surface area (Å²) in [6, 6.07) is 2.85. The van der Waals surface area contributed by atoms with Gasteiger partial charge in [0.1, 0.15) is 11.3 Å². The smallest absolute Gasteiger partial charge is 0.152 e. The lowest BCUT2D eigenvalue weighted by molar-refractivity contribution is 0.585. The number of benzene rings is 1. The quantitative estimate of drug-likeness (QED) is 0.750. The van der Waals surface area contributed by atoms with Gasteiger partial charge in [-0.15, -0.1) is 0 Å². The highest BCUT2D eigenvalue weighted by molar-refractivity contribution is 9.10. The second-order valence-corrected chi connectivity index (χ2v) is 6.28. The second-order valence-electron chi connectivity index (χ2n) is 5.48. The topological polar surface area (TPSA) is 24.9 Å². The third-order valence-electron chi connectivity index (χ3n) is 4.09. The number of fused-ring (bicyclic) bond motifs is 1. The summed E-state index contributed by atoms with van der Waals surface area (Å²) in [5.74, 6) is -0.825. The van der Waals surface area contributed by atoms with Gasteiger partial charge in [0.25, 0.3) is 0 Å². The van der Waals surface area contributed by atoms with Gasteiger partial charge in [0.2, 0.25) is 0 Å². The van der Waals surface area contributed by atoms with Crippen LogP contribution >= 0.6 is 15.9 Å². The molecule has 1 aromatic heterocycles. The van der Waals surface area contributed by atoms with Gasteiger partial charge in [0.05, 0.1) is 4.47 Å². The number of nitrogens with zero attached hydrogens (tertiary/aromatic N) is 1. The van der Waals surface area contributed by atoms with Crippen LogP contribution in [-0.2, 0) is 0 Å². The van der Waals surface area contributed by atoms with E-state index in [1.165, 1.54) is 12.8 Å². The molecule has 0 atom stereocenters. The number of hydrogen-bond acceptors (Lipinski definition) is 2. The largest absolute Gasteiger partial charge is 0.385 e. The van der Waals surface area contributed by atoms with Crippen molar-refractivity contribution < 1.29 is 8.78 Å². The summed E-state index contributed by atoms with van der Waals surface area (Å²) in [4.78, 5) is 4.49. The van der Waals surface area contributed by atoms with Gasteiger partial charge in [0, 0.05) is 35.3 Å². The van der Waals surface area contributed by atoms with E-state index in [-0.39, 0.29) is 9.99 Å². The van der Waals surface area contributed by atoms with Gasteiger partial charge in [-0.05, 0) is 41.8 Å². The van der Waals surface area contributed by atoms with Gasteiger partial charge >= 0.3 is 0 Å². The Morgan fingerprint density at radius 1 is 1.24 bits per heavy atom. The zero-order valence-electron chi connectivity index (χ0n) is 11.8. The van der Waals surface area contributed by atoms with Crippen LogP contribution in [0.25, 0.3) is 10.9 Å². The van der Waals surface area contributed by atoms with Crippen molar-refractivity contribution in [1.29, 1.82) is 0 Å². The Hall–Kier alpha value is -1.23. The molecule has 0 radical (unpaired) electrons. The highest BCUT2D eigenvalue weighted by Gasteiger charge is 2.22. The average molecular weight is 355 g/mol. The fourth-order valence-electron chi connectivity index (χ4n) is 3.08. The number of halogens is 3. The van der Waals surface area contributed by atoms with Crippen LogP contribution < -0.4 is 5.32 Å². The maximum absolute atomic E-state index is 14.2. The molecule has 3 rings (SSSR count). The van der Waals surface area contributed by atoms with Crippen LogP contribution in [0.3, 0.4) is 0 Å². The van der Waals surface area contributed by atoms with Crippen molar-refractivity contribution in [3.8, 4) is 0 Å². The van der Waals surface area contributed by atoms with E-state index in [2.05, 4.69) is 26.2 Å². The molecule has 0 bridgehead atoms. The predicted molar refractivity (Wildman–Crippen MR) is 84.7 cm³/mol. The number of anilines is 1. The number of rotatable bonds is 3. The van der Waals surface area contributed by atoms with Crippen molar-refractivity contribution in [1.82, 2.24) is 4.98 Å². The molecule has 1 heterocycles. The summed E-state index contributed by atoms with van der Waals surface area (Å²) >= 11 is 3.22. The van der Waals surface area contributed by atoms with Crippen molar-refractivity contribution in [3.05, 3.63) is 33.9 Å². The third kappa shape index (κ3) is 2.63. The van der Waals surface area contributed by atoms with Gasteiger partial charge < -0.3 is 5.32 Å². The van der Waals surface area contributed by atoms with Crippen LogP contribution in [0.15, 0.2) is 16.6 Å². The van der Waals surface area contributed by atoms with Crippen LogP contribution in [0, 0.1) is 11.6 Å². The number of nitrogens with one attached hydrogen (secondary N) is 1. The lowest BCUT2D eigenvalue weighted by atomic mass is 10.0. The lowest BCUT2D eigenvalue weighted by Crippen LogP contribution is -2.05. The Kier molecular flexibility index (Phi) is 4.11. The van der Waals surface area contributed by atoms with E-state index in [0.717, 1.165) is 30.3 Å². The van der Waals surface area contributed by atoms with E-state index >= 15 is 0 Å². The second kappa shape index (κ2) is 5.87. The van der Waals surface area contributed by atoms with E-state index in [1.807, 2.05) is 13.0 Å². The van der Waals surface area contributed by atoms with Crippen molar-refractivity contribution in [2.24, 2.45) is 0 Å². The molecule has 1 N–H and O–H groups in total. The number of hydrogen-bond donors (Lipinski definition) is 1. The molecule has 0 saturated heterocycles. The van der Waals surface area contributed by atoms with Gasteiger partial charge in [-0.25, -0.2) is 13.8 Å². The van der Waals surface area contributed by atoms with Gasteiger partial charge in [-0.2, -0.15) is 0 Å². The van der Waals surface area contributed by atoms with Gasteiger partial charge in [-0.1, -0.05) is 12.8 Å². The molecule has 1 saturated carbocycles. The summed E-state index contributed by atoms with van der Waals surface area (Å²) in [6.45, 7) is 2.65. The monoisotopic (exact) mass is 354 g/mol. The third-order valence-corrected chi connectivity index (χ3v) is 4.86. The van der Waals surface area contributed by atoms with Crippen LogP contribution in [-0.4, -0.2) is 11.5 Å². The number of aromatic nitrogens is 1. The molecule has 0 unspecified atom stereocenters. The van der Waals surface area contributed by atoms with E-state index in [9.17, 15) is 8.78 Å². The molecule has 21 heavy (non-hydrogen) atoms. The molecule has 112 valence electrons. The zero-order chi connectivity index (χ0) is 15.0. The first kappa shape index (κ1) is 14.7. The van der Waals surface area contributed by atoms with E-state index < -0.39 is 11.6 Å². The molecule has 5 heteroatoms. The van der Waals surface area contributed by atoms with Crippen molar-refractivity contribution >= 4 is 32.5 Å². The SMILES string of the molecule is CCNc1cc(C2CCCC2)nc2c(F)cc(F)c(Br)c12. The minimum Gasteiger partial charge on any atom is -0.385 e. The molecule has 2 nitrogen and oxygen atoms in total. The van der Waals surface area contributed by atoms with Crippen LogP contribution in [0.1, 0.15) is 44.2 Å². The van der Waals surface area contributed by atoms with E-state index in [4.69, 9.17) is 0 Å². The van der Waals surface area contributed by atoms with Crippen molar-refractivity contribution in [3.63, 3.8) is 0 Å². The summed E-state index contributed by atoms with van der Waals surface area (Å²) < 4.78 is 28.2. The molecule has 0 aliphatic heterocycles. The first-order chi connectivity index (χ1) is 10.1. The van der Waals surface area contributed by atoms with E-state index in [1.54, 1.807) is 0 Å². The lowest BCUT2D eigenvalue weighted by Gasteiger charge is -2.16. The summed E-state index contributed by atoms with van der Waals surface area (Å²) in [6.07, 6.45) is 4.56. The number of pyridine rings is 1. The Balaban J connectivity index is 2.25. The van der Waals surface area contributed by atoms with Gasteiger partial charge in [-0.3, -0.25) is 0 Å². The fourth-order valence-corrected chi connectivity index (χ4v) is 3.60. The molecule has 0 spiro atoms. The van der Waals surface area contributed by atoms with Crippen LogP contribution in [0.4, 0.5) is 14.5 Å². The Morgan fingerprint density at radius 3 is 2.62 bits per heavy atom. The Morgan fingerprint density at radius 2 is 1.95 bits per heavy atom. The normalized spacial score (nSPS) is 15.8. The minimum absolute atomic E-state index is 0.239. The first-order valence-corrected chi connectivity index (χ1v) is 8.13. The maximum Gasteiger partial charge on any atom is 0.152 e. The highest BCUT2D eigenvalue weighted by atomic mass is 79.9. The van der Waals surface area contributed by atoms with Crippen LogP contribution in [0.2, 0.25) is 0 Å². The summed E-state index contributed by atoms with van der Waals surface area (Å²) in [7, 11) is 0. The molecule has 1 aliphatic rings. The molecule has 1 aromatic carbocycles. The summed E-state index contributed by atoms with van der Waals surface area (Å²) in [5, 5.41) is 3.69. The molecular formula is C16H17BrF2N2. The summed E-state index contributed by atoms with van der Waals surface area (Å²) in [5.41, 5.74) is 1.90. The Bertz CT molecular complexity index is 682. The average Bonchev–Trinajstić information content (AvgIpc) is 2.99. The van der Waals surface area contributed by atoms with Crippen molar-refractivity contribution in [2.75, 3.05) is 11.9 Å². The maximum atomic E-state index is 14.2. The van der Waals surface area contributed by atoms with Crippen molar-refractivity contribution in [2.45, 2.75) is 38.5 Å². The molecule has 2 aromatic rings. The van der Waals surface area contributed by atoms with Gasteiger partial charge in [0.15, 0.2) is 5.82 Å². The fraction of sp³-hybridized carbons (Fsp3) is 0.438. The van der Waals surface area contributed by atoms with E-state index in [0.29, 0.717) is 17.8 Å². The first-order valence-electron chi connectivity index (χ1n) is 7.33. The Labute approximate surface area is 131 Å². The molecule has 1 aliphatic carbocycles. The standard InChI is InChI=1S/C16H17BrF2N2/c1-2-20-13-8-12(9-5-3-4-6-9)21-16-11(19)7-10(18)15(17)14(13)16/h7-9H,2-6H2,1H3,(H,20,21). The predicted octanol–water partition coefficient (Wildman–Crippen LogP) is 5.36. The minimum atomic E-state index is -0.607. The molecular weight excluding hydrogens is 338 g/mol.